The van der Waals surface area contributed by atoms with Gasteiger partial charge in [0, 0.05) is 34.6 Å². The molecular weight excluding hydrogens is 789 g/mol. The van der Waals surface area contributed by atoms with Crippen molar-refractivity contribution >= 4 is 34.9 Å². The third-order valence-corrected chi connectivity index (χ3v) is 9.25. The molecule has 0 aliphatic rings. The number of ether oxygens (including phenoxy) is 4. The topological polar surface area (TPSA) is 248 Å². The van der Waals surface area contributed by atoms with Gasteiger partial charge in [0.05, 0.1) is 13.2 Å². The Labute approximate surface area is 356 Å². The maximum atomic E-state index is 6.09. The number of aromatic nitrogens is 10. The molecule has 0 bridgehead atoms. The molecule has 18 nitrogen and oxygen atoms in total. The molecule has 8 N–H and O–H groups in total. The van der Waals surface area contributed by atoms with Crippen LogP contribution >= 0.6 is 0 Å². The van der Waals surface area contributed by atoms with Crippen molar-refractivity contribution in [2.75, 3.05) is 35.3 Å². The number of hydrogen-bond acceptors (Lipinski definition) is 16. The SMILES string of the molecule is CCOc1nc(N)cc(Oc2ccc(-c3nc(Nc4ccc(C)c(CCCOc5nc(N)cc(Oc6ccc(-c7nc(Nc8cc(C)cc(C)c8)n[nH]7)cc6)n5)c4)n[nH]3)cc2)n1. The normalized spacial score (nSPS) is 11.0. The first-order valence-electron chi connectivity index (χ1n) is 19.8. The molecule has 0 radical (unpaired) electrons. The number of nitrogens with zero attached hydrogens (tertiary/aromatic N) is 8. The van der Waals surface area contributed by atoms with Gasteiger partial charge in [-0.3, -0.25) is 10.2 Å². The summed E-state index contributed by atoms with van der Waals surface area (Å²) in [6.07, 6.45) is 1.45. The van der Waals surface area contributed by atoms with Gasteiger partial charge in [-0.2, -0.15) is 29.9 Å². The van der Waals surface area contributed by atoms with Crippen molar-refractivity contribution in [3.05, 3.63) is 119 Å². The van der Waals surface area contributed by atoms with Gasteiger partial charge in [-0.05, 0) is 136 Å². The smallest absolute Gasteiger partial charge is 0.321 e. The van der Waals surface area contributed by atoms with Gasteiger partial charge in [0.15, 0.2) is 11.6 Å². The van der Waals surface area contributed by atoms with Crippen LogP contribution in [-0.4, -0.2) is 63.5 Å². The van der Waals surface area contributed by atoms with E-state index in [0.29, 0.717) is 54.7 Å². The van der Waals surface area contributed by atoms with E-state index in [0.717, 1.165) is 51.2 Å². The highest BCUT2D eigenvalue weighted by molar-refractivity contribution is 5.62. The minimum absolute atomic E-state index is 0.129. The van der Waals surface area contributed by atoms with E-state index in [1.165, 1.54) is 6.07 Å². The average Bonchev–Trinajstić information content (AvgIpc) is 3.91. The van der Waals surface area contributed by atoms with Crippen molar-refractivity contribution in [1.29, 1.82) is 0 Å². The van der Waals surface area contributed by atoms with Crippen LogP contribution < -0.4 is 41.0 Å². The quantitative estimate of drug-likeness (QED) is 0.0471. The monoisotopic (exact) mass is 832 g/mol. The van der Waals surface area contributed by atoms with Crippen LogP contribution in [0.25, 0.3) is 22.8 Å². The van der Waals surface area contributed by atoms with Crippen LogP contribution in [0.3, 0.4) is 0 Å². The Kier molecular flexibility index (Phi) is 12.0. The maximum absolute atomic E-state index is 6.09. The summed E-state index contributed by atoms with van der Waals surface area (Å²) in [4.78, 5) is 26.2. The molecule has 314 valence electrons. The molecule has 0 saturated heterocycles. The molecule has 0 fully saturated rings. The Morgan fingerprint density at radius 1 is 0.565 bits per heavy atom. The van der Waals surface area contributed by atoms with Crippen molar-refractivity contribution in [2.45, 2.75) is 40.5 Å². The second-order valence-electron chi connectivity index (χ2n) is 14.2. The summed E-state index contributed by atoms with van der Waals surface area (Å²) >= 11 is 0. The Bertz CT molecular complexity index is 2770. The highest BCUT2D eigenvalue weighted by atomic mass is 16.5. The molecule has 4 heterocycles. The zero-order valence-corrected chi connectivity index (χ0v) is 34.4. The molecule has 0 atom stereocenters. The second kappa shape index (κ2) is 18.3. The highest BCUT2D eigenvalue weighted by Crippen LogP contribution is 2.29. The molecule has 62 heavy (non-hydrogen) atoms. The molecule has 18 heteroatoms. The summed E-state index contributed by atoms with van der Waals surface area (Å²) in [6, 6.07) is 30.4. The summed E-state index contributed by atoms with van der Waals surface area (Å²) in [5.74, 6) is 4.23. The van der Waals surface area contributed by atoms with Gasteiger partial charge in [-0.25, -0.2) is 0 Å². The van der Waals surface area contributed by atoms with Crippen LogP contribution in [0.4, 0.5) is 34.9 Å². The van der Waals surface area contributed by atoms with Crippen LogP contribution in [-0.2, 0) is 6.42 Å². The van der Waals surface area contributed by atoms with E-state index in [1.54, 1.807) is 18.2 Å². The largest absolute Gasteiger partial charge is 0.464 e. The maximum Gasteiger partial charge on any atom is 0.321 e. The number of aromatic amines is 2. The summed E-state index contributed by atoms with van der Waals surface area (Å²) in [5, 5.41) is 21.2. The molecule has 4 aromatic carbocycles. The van der Waals surface area contributed by atoms with Crippen LogP contribution in [0.5, 0.6) is 35.3 Å². The molecule has 0 aliphatic carbocycles. The van der Waals surface area contributed by atoms with E-state index in [2.05, 4.69) is 99.9 Å². The lowest BCUT2D eigenvalue weighted by molar-refractivity contribution is 0.283. The number of nitrogens with two attached hydrogens (primary N) is 2. The Hall–Kier alpha value is -8.28. The first-order chi connectivity index (χ1) is 30.1. The van der Waals surface area contributed by atoms with Gasteiger partial charge in [0.1, 0.15) is 23.1 Å². The number of benzene rings is 4. The lowest BCUT2D eigenvalue weighted by Crippen LogP contribution is -2.05. The predicted octanol–water partition coefficient (Wildman–Crippen LogP) is 8.41. The number of rotatable bonds is 17. The Morgan fingerprint density at radius 2 is 1.10 bits per heavy atom. The molecule has 0 saturated carbocycles. The fourth-order valence-electron chi connectivity index (χ4n) is 6.45. The van der Waals surface area contributed by atoms with Gasteiger partial charge >= 0.3 is 12.0 Å². The van der Waals surface area contributed by atoms with Crippen molar-refractivity contribution in [3.63, 3.8) is 0 Å². The molecule has 8 aromatic rings. The van der Waals surface area contributed by atoms with Crippen LogP contribution in [0, 0.1) is 20.8 Å². The van der Waals surface area contributed by atoms with Crippen molar-refractivity contribution < 1.29 is 18.9 Å². The summed E-state index contributed by atoms with van der Waals surface area (Å²) in [7, 11) is 0. The number of nitrogen functional groups attached to an aromatic ring is 2. The lowest BCUT2D eigenvalue weighted by atomic mass is 10.0. The number of hydrogen-bond donors (Lipinski definition) is 6. The zero-order valence-electron chi connectivity index (χ0n) is 34.4. The molecule has 8 rings (SSSR count). The number of H-pyrrole nitrogens is 2. The van der Waals surface area contributed by atoms with E-state index in [9.17, 15) is 0 Å². The predicted molar refractivity (Wildman–Crippen MR) is 235 cm³/mol. The van der Waals surface area contributed by atoms with E-state index < -0.39 is 0 Å². The van der Waals surface area contributed by atoms with Gasteiger partial charge in [0.25, 0.3) is 0 Å². The van der Waals surface area contributed by atoms with Crippen LogP contribution in [0.15, 0.2) is 97.1 Å². The van der Waals surface area contributed by atoms with Crippen molar-refractivity contribution in [2.24, 2.45) is 0 Å². The van der Waals surface area contributed by atoms with Gasteiger partial charge in [-0.15, -0.1) is 10.2 Å². The highest BCUT2D eigenvalue weighted by Gasteiger charge is 2.13. The summed E-state index contributed by atoms with van der Waals surface area (Å²) in [6.45, 7) is 8.79. The van der Waals surface area contributed by atoms with E-state index in [4.69, 9.17) is 30.4 Å². The first-order valence-corrected chi connectivity index (χ1v) is 19.8. The molecule has 0 amide bonds. The minimum Gasteiger partial charge on any atom is -0.464 e. The molecule has 4 aromatic heterocycles. The van der Waals surface area contributed by atoms with Crippen molar-refractivity contribution in [1.82, 2.24) is 50.3 Å². The first kappa shape index (κ1) is 40.5. The third kappa shape index (κ3) is 10.5. The second-order valence-corrected chi connectivity index (χ2v) is 14.2. The third-order valence-electron chi connectivity index (χ3n) is 9.25. The zero-order chi connectivity index (χ0) is 43.0. The standard InChI is InChI=1S/C44H44N14O4/c1-5-59-43-49-35(45)23-37(51-43)61-33-14-9-28(10-15-33)39-53-41(57-55-39)47-31-13-8-27(4)30(22-31)7-6-18-60-44-50-36(46)24-38(52-44)62-34-16-11-29(12-17-34)40-54-42(58-56-40)48-32-20-25(2)19-26(3)21-32/h8-17,19-24H,5-7,18H2,1-4H3,(H2,45,49,51)(H2,46,50,52)(H2,47,53,55,57)(H2,48,54,56,58). The number of anilines is 6. The minimum atomic E-state index is 0.129. The lowest BCUT2D eigenvalue weighted by Gasteiger charge is -2.11. The fraction of sp³-hybridized carbons (Fsp3) is 0.182. The average molecular weight is 833 g/mol. The van der Waals surface area contributed by atoms with Crippen LogP contribution in [0.1, 0.15) is 35.6 Å². The van der Waals surface area contributed by atoms with E-state index in [-0.39, 0.29) is 35.4 Å². The summed E-state index contributed by atoms with van der Waals surface area (Å²) in [5.41, 5.74) is 20.0. The molecular formula is C44H44N14O4. The van der Waals surface area contributed by atoms with Gasteiger partial charge < -0.3 is 41.0 Å². The Morgan fingerprint density at radius 3 is 1.65 bits per heavy atom. The van der Waals surface area contributed by atoms with Gasteiger partial charge in [-0.1, -0.05) is 12.1 Å². The van der Waals surface area contributed by atoms with E-state index in [1.807, 2.05) is 61.5 Å². The number of aryl methyl sites for hydroxylation is 4. The van der Waals surface area contributed by atoms with Gasteiger partial charge in [0.2, 0.25) is 23.7 Å². The fourth-order valence-corrected chi connectivity index (χ4v) is 6.45. The molecule has 0 unspecified atom stereocenters. The molecule has 0 spiro atoms. The molecule has 0 aliphatic heterocycles. The Balaban J connectivity index is 0.817. The van der Waals surface area contributed by atoms with E-state index >= 15 is 0 Å². The summed E-state index contributed by atoms with van der Waals surface area (Å²) < 4.78 is 23.1. The van der Waals surface area contributed by atoms with Crippen molar-refractivity contribution in [3.8, 4) is 58.1 Å². The number of nitrogens with one attached hydrogen (secondary N) is 4. The van der Waals surface area contributed by atoms with Crippen LogP contribution in [0.2, 0.25) is 0 Å².